The minimum atomic E-state index is -3.71. The smallest absolute Gasteiger partial charge is 0.254 e. The molecule has 0 aliphatic carbocycles. The second-order valence-electron chi connectivity index (χ2n) is 9.71. The van der Waals surface area contributed by atoms with E-state index >= 15 is 0 Å². The van der Waals surface area contributed by atoms with Gasteiger partial charge in [0.2, 0.25) is 5.91 Å². The molecule has 0 spiro atoms. The summed E-state index contributed by atoms with van der Waals surface area (Å²) in [5.74, 6) is -0.508. The molecule has 2 amide bonds. The molecule has 1 aliphatic rings. The van der Waals surface area contributed by atoms with Crippen LogP contribution in [-0.2, 0) is 37.1 Å². The predicted octanol–water partition coefficient (Wildman–Crippen LogP) is 2.72. The molecule has 4 rings (SSSR count). The Morgan fingerprint density at radius 2 is 1.56 bits per heavy atom. The number of nitrogens with zero attached hydrogens (tertiary/aromatic N) is 1. The van der Waals surface area contributed by atoms with Crippen molar-refractivity contribution in [2.75, 3.05) is 32.9 Å². The maximum absolute atomic E-state index is 13.0. The molecule has 0 saturated carbocycles. The van der Waals surface area contributed by atoms with Crippen molar-refractivity contribution >= 4 is 21.7 Å². The van der Waals surface area contributed by atoms with Crippen LogP contribution in [0.1, 0.15) is 21.5 Å². The lowest BCUT2D eigenvalue weighted by atomic mass is 10.0. The van der Waals surface area contributed by atoms with Gasteiger partial charge in [-0.3, -0.25) is 9.59 Å². The summed E-state index contributed by atoms with van der Waals surface area (Å²) >= 11 is 0. The van der Waals surface area contributed by atoms with E-state index in [0.717, 1.165) is 16.5 Å². The highest BCUT2D eigenvalue weighted by Gasteiger charge is 2.21. The number of hydrogen-bond acceptors (Lipinski definition) is 7. The van der Waals surface area contributed by atoms with Gasteiger partial charge >= 0.3 is 0 Å². The molecule has 0 radical (unpaired) electrons. The Kier molecular flexibility index (Phi) is 10.8. The number of carbonyl (C=O) groups excluding carboxylic acids is 2. The highest BCUT2D eigenvalue weighted by Crippen LogP contribution is 2.13. The highest BCUT2D eigenvalue weighted by molar-refractivity contribution is 7.94. The molecule has 0 unspecified atom stereocenters. The third-order valence-corrected chi connectivity index (χ3v) is 8.03. The summed E-state index contributed by atoms with van der Waals surface area (Å²) in [5.41, 5.74) is 8.53. The van der Waals surface area contributed by atoms with Crippen LogP contribution in [0.3, 0.4) is 0 Å². The van der Waals surface area contributed by atoms with E-state index < -0.39 is 27.8 Å². The number of amides is 2. The summed E-state index contributed by atoms with van der Waals surface area (Å²) in [6, 6.07) is 23.0. The third kappa shape index (κ3) is 9.09. The normalized spacial score (nSPS) is 15.4. The molecule has 3 aromatic rings. The summed E-state index contributed by atoms with van der Waals surface area (Å²) in [5, 5.41) is 3.89. The SMILES string of the molecule is N[C@@H](Cc1ccc(C(=O)N2CCOCC2)cc1)C(=O)N[C@@H](/C=C/S(=O)(=O)c1ccccc1)COCc1ccccc1. The van der Waals surface area contributed by atoms with Gasteiger partial charge in [0.15, 0.2) is 9.84 Å². The molecule has 2 atom stereocenters. The van der Waals surface area contributed by atoms with E-state index in [9.17, 15) is 18.0 Å². The average Bonchev–Trinajstić information content (AvgIpc) is 3.01. The van der Waals surface area contributed by atoms with Gasteiger partial charge in [0.25, 0.3) is 5.91 Å². The monoisotopic (exact) mass is 577 g/mol. The van der Waals surface area contributed by atoms with Crippen molar-refractivity contribution in [3.05, 3.63) is 113 Å². The fraction of sp³-hybridized carbons (Fsp3) is 0.290. The standard InChI is InChI=1S/C31H35N3O6S/c32-29(21-24-11-13-26(14-12-24)31(36)34-16-18-39-19-17-34)30(35)33-27(23-40-22-25-7-3-1-4-8-25)15-20-41(37,38)28-9-5-2-6-10-28/h1-15,20,27,29H,16-19,21-23,32H2,(H,33,35)/b20-15+/t27-,29-/m0/s1. The Morgan fingerprint density at radius 3 is 2.22 bits per heavy atom. The van der Waals surface area contributed by atoms with Crippen LogP contribution in [0.15, 0.2) is 101 Å². The number of ether oxygens (including phenoxy) is 2. The molecule has 0 bridgehead atoms. The van der Waals surface area contributed by atoms with Gasteiger partial charge in [-0.05, 0) is 47.9 Å². The minimum Gasteiger partial charge on any atom is -0.378 e. The molecule has 216 valence electrons. The minimum absolute atomic E-state index is 0.0481. The van der Waals surface area contributed by atoms with Crippen molar-refractivity contribution in [3.8, 4) is 0 Å². The van der Waals surface area contributed by atoms with Gasteiger partial charge in [0, 0.05) is 24.1 Å². The zero-order valence-electron chi connectivity index (χ0n) is 22.7. The molecular formula is C31H35N3O6S. The Bertz CT molecular complexity index is 1410. The summed E-state index contributed by atoms with van der Waals surface area (Å²) in [4.78, 5) is 27.6. The lowest BCUT2D eigenvalue weighted by Crippen LogP contribution is -2.47. The number of morpholine rings is 1. The first kappa shape index (κ1) is 30.1. The lowest BCUT2D eigenvalue weighted by molar-refractivity contribution is -0.123. The van der Waals surface area contributed by atoms with Gasteiger partial charge < -0.3 is 25.4 Å². The van der Waals surface area contributed by atoms with Crippen LogP contribution in [0.5, 0.6) is 0 Å². The second kappa shape index (κ2) is 14.7. The van der Waals surface area contributed by atoms with Crippen LogP contribution in [-0.4, -0.2) is 70.1 Å². The maximum atomic E-state index is 13.0. The molecule has 3 aromatic carbocycles. The average molecular weight is 578 g/mol. The van der Waals surface area contributed by atoms with Crippen molar-refractivity contribution in [3.63, 3.8) is 0 Å². The van der Waals surface area contributed by atoms with E-state index in [2.05, 4.69) is 5.32 Å². The van der Waals surface area contributed by atoms with E-state index in [4.69, 9.17) is 15.2 Å². The van der Waals surface area contributed by atoms with Gasteiger partial charge in [0.1, 0.15) is 0 Å². The molecule has 10 heteroatoms. The van der Waals surface area contributed by atoms with E-state index in [-0.39, 0.29) is 23.8 Å². The fourth-order valence-electron chi connectivity index (χ4n) is 4.28. The zero-order valence-corrected chi connectivity index (χ0v) is 23.5. The molecule has 0 aromatic heterocycles. The van der Waals surface area contributed by atoms with Gasteiger partial charge in [0.05, 0.1) is 43.4 Å². The van der Waals surface area contributed by atoms with Crippen molar-refractivity contribution in [1.82, 2.24) is 10.2 Å². The summed E-state index contributed by atoms with van der Waals surface area (Å²) in [6.45, 7) is 2.52. The van der Waals surface area contributed by atoms with Crippen LogP contribution in [0.4, 0.5) is 0 Å². The van der Waals surface area contributed by atoms with Crippen LogP contribution < -0.4 is 11.1 Å². The number of nitrogens with two attached hydrogens (primary N) is 1. The predicted molar refractivity (Wildman–Crippen MR) is 156 cm³/mol. The number of rotatable bonds is 12. The van der Waals surface area contributed by atoms with Crippen LogP contribution in [0, 0.1) is 0 Å². The van der Waals surface area contributed by atoms with E-state index in [1.54, 1.807) is 47.4 Å². The molecule has 9 nitrogen and oxygen atoms in total. The highest BCUT2D eigenvalue weighted by atomic mass is 32.2. The van der Waals surface area contributed by atoms with Crippen molar-refractivity contribution in [1.29, 1.82) is 0 Å². The molecule has 1 heterocycles. The Hall–Kier alpha value is -3.83. The number of carbonyl (C=O) groups is 2. The van der Waals surface area contributed by atoms with Crippen molar-refractivity contribution < 1.29 is 27.5 Å². The first-order chi connectivity index (χ1) is 19.8. The molecule has 1 saturated heterocycles. The van der Waals surface area contributed by atoms with Gasteiger partial charge in [-0.25, -0.2) is 8.42 Å². The van der Waals surface area contributed by atoms with E-state index in [1.165, 1.54) is 18.2 Å². The van der Waals surface area contributed by atoms with Gasteiger partial charge in [-0.15, -0.1) is 0 Å². The largest absolute Gasteiger partial charge is 0.378 e. The van der Waals surface area contributed by atoms with E-state index in [0.29, 0.717) is 38.5 Å². The number of nitrogens with one attached hydrogen (secondary N) is 1. The lowest BCUT2D eigenvalue weighted by Gasteiger charge is -2.26. The number of sulfone groups is 1. The zero-order chi connectivity index (χ0) is 29.1. The maximum Gasteiger partial charge on any atom is 0.254 e. The Morgan fingerprint density at radius 1 is 0.927 bits per heavy atom. The molecular weight excluding hydrogens is 542 g/mol. The Labute approximate surface area is 240 Å². The van der Waals surface area contributed by atoms with E-state index in [1.807, 2.05) is 30.3 Å². The number of benzene rings is 3. The van der Waals surface area contributed by atoms with Crippen LogP contribution >= 0.6 is 0 Å². The topological polar surface area (TPSA) is 128 Å². The fourth-order valence-corrected chi connectivity index (χ4v) is 5.37. The van der Waals surface area contributed by atoms with Crippen LogP contribution in [0.25, 0.3) is 0 Å². The second-order valence-corrected chi connectivity index (χ2v) is 11.5. The van der Waals surface area contributed by atoms with Gasteiger partial charge in [-0.1, -0.05) is 60.7 Å². The summed E-state index contributed by atoms with van der Waals surface area (Å²) in [6.07, 6.45) is 1.64. The van der Waals surface area contributed by atoms with Gasteiger partial charge in [-0.2, -0.15) is 0 Å². The quantitative estimate of drug-likeness (QED) is 0.339. The molecule has 1 aliphatic heterocycles. The number of hydrogen-bond donors (Lipinski definition) is 2. The summed E-state index contributed by atoms with van der Waals surface area (Å²) in [7, 11) is -3.71. The summed E-state index contributed by atoms with van der Waals surface area (Å²) < 4.78 is 36.6. The van der Waals surface area contributed by atoms with Crippen LogP contribution in [0.2, 0.25) is 0 Å². The Balaban J connectivity index is 1.38. The molecule has 1 fully saturated rings. The molecule has 41 heavy (non-hydrogen) atoms. The van der Waals surface area contributed by atoms with Crippen molar-refractivity contribution in [2.24, 2.45) is 5.73 Å². The molecule has 3 N–H and O–H groups in total. The first-order valence-corrected chi connectivity index (χ1v) is 15.0. The third-order valence-electron chi connectivity index (χ3n) is 6.59. The first-order valence-electron chi connectivity index (χ1n) is 13.4. The van der Waals surface area contributed by atoms with Crippen molar-refractivity contribution in [2.45, 2.75) is 30.0 Å².